The molecule has 0 saturated carbocycles. The predicted molar refractivity (Wildman–Crippen MR) is 78.1 cm³/mol. The fourth-order valence-corrected chi connectivity index (χ4v) is 2.16. The third-order valence-electron chi connectivity index (χ3n) is 3.39. The van der Waals surface area contributed by atoms with Gasteiger partial charge in [0, 0.05) is 17.4 Å². The normalized spacial score (nSPS) is 12.8. The van der Waals surface area contributed by atoms with Gasteiger partial charge in [0.2, 0.25) is 5.76 Å². The standard InChI is InChI=1S/C16H21NO3/c1-11(9-10-17(3)4)19-16(18)15-12(2)13-7-5-6-8-14(13)20-15/h5-8,11H,9-10H2,1-4H3/p+1/t11-/m0/s1. The van der Waals surface area contributed by atoms with Gasteiger partial charge in [0.05, 0.1) is 20.6 Å². The lowest BCUT2D eigenvalue weighted by molar-refractivity contribution is -0.858. The molecule has 1 N–H and O–H groups in total. The second-order valence-electron chi connectivity index (χ2n) is 5.51. The van der Waals surface area contributed by atoms with Crippen LogP contribution in [-0.2, 0) is 4.74 Å². The Hall–Kier alpha value is -1.81. The lowest BCUT2D eigenvalue weighted by Crippen LogP contribution is -3.05. The lowest BCUT2D eigenvalue weighted by Gasteiger charge is -2.14. The molecule has 0 fully saturated rings. The Morgan fingerprint density at radius 2 is 2.05 bits per heavy atom. The second kappa shape index (κ2) is 6.09. The van der Waals surface area contributed by atoms with Gasteiger partial charge in [0.25, 0.3) is 0 Å². The van der Waals surface area contributed by atoms with Crippen LogP contribution in [0.4, 0.5) is 0 Å². The van der Waals surface area contributed by atoms with Crippen LogP contribution in [0.3, 0.4) is 0 Å². The molecule has 0 aliphatic rings. The fraction of sp³-hybridized carbons (Fsp3) is 0.438. The van der Waals surface area contributed by atoms with Crippen LogP contribution in [0.15, 0.2) is 28.7 Å². The van der Waals surface area contributed by atoms with Crippen LogP contribution in [-0.4, -0.2) is 32.7 Å². The van der Waals surface area contributed by atoms with Gasteiger partial charge >= 0.3 is 5.97 Å². The summed E-state index contributed by atoms with van der Waals surface area (Å²) in [6, 6.07) is 7.63. The Bertz CT molecular complexity index is 601. The SMILES string of the molecule is Cc1c(C(=O)O[C@@H](C)CC[NH+](C)C)oc2ccccc12. The molecule has 20 heavy (non-hydrogen) atoms. The largest absolute Gasteiger partial charge is 0.457 e. The van der Waals surface area contributed by atoms with Gasteiger partial charge in [-0.25, -0.2) is 4.79 Å². The molecule has 1 aromatic heterocycles. The summed E-state index contributed by atoms with van der Waals surface area (Å²) < 4.78 is 11.1. The van der Waals surface area contributed by atoms with Crippen LogP contribution in [0.1, 0.15) is 29.5 Å². The number of furan rings is 1. The molecular formula is C16H22NO3+. The topological polar surface area (TPSA) is 43.9 Å². The van der Waals surface area contributed by atoms with Crippen molar-refractivity contribution in [1.29, 1.82) is 0 Å². The summed E-state index contributed by atoms with van der Waals surface area (Å²) in [5.41, 5.74) is 1.57. The number of para-hydroxylation sites is 1. The summed E-state index contributed by atoms with van der Waals surface area (Å²) >= 11 is 0. The molecule has 0 aliphatic carbocycles. The highest BCUT2D eigenvalue weighted by Gasteiger charge is 2.21. The Labute approximate surface area is 119 Å². The number of hydrogen-bond donors (Lipinski definition) is 1. The molecule has 0 aliphatic heterocycles. The minimum Gasteiger partial charge on any atom is -0.457 e. The number of quaternary nitrogens is 1. The van der Waals surface area contributed by atoms with Gasteiger partial charge in [-0.1, -0.05) is 18.2 Å². The highest BCUT2D eigenvalue weighted by atomic mass is 16.6. The molecule has 0 spiro atoms. The average molecular weight is 276 g/mol. The van der Waals surface area contributed by atoms with Crippen molar-refractivity contribution in [3.05, 3.63) is 35.6 Å². The van der Waals surface area contributed by atoms with E-state index in [1.165, 1.54) is 4.90 Å². The summed E-state index contributed by atoms with van der Waals surface area (Å²) in [4.78, 5) is 13.5. The van der Waals surface area contributed by atoms with Gasteiger partial charge in [-0.15, -0.1) is 0 Å². The molecule has 1 aromatic carbocycles. The van der Waals surface area contributed by atoms with Crippen molar-refractivity contribution in [3.63, 3.8) is 0 Å². The lowest BCUT2D eigenvalue weighted by atomic mass is 10.1. The minimum absolute atomic E-state index is 0.106. The Kier molecular flexibility index (Phi) is 4.45. The van der Waals surface area contributed by atoms with Gasteiger partial charge < -0.3 is 14.1 Å². The maximum absolute atomic E-state index is 12.2. The Morgan fingerprint density at radius 3 is 2.70 bits per heavy atom. The first kappa shape index (κ1) is 14.6. The monoisotopic (exact) mass is 276 g/mol. The third-order valence-corrected chi connectivity index (χ3v) is 3.39. The molecule has 2 aromatic rings. The molecule has 108 valence electrons. The highest BCUT2D eigenvalue weighted by Crippen LogP contribution is 2.25. The van der Waals surface area contributed by atoms with Crippen LogP contribution in [0.25, 0.3) is 11.0 Å². The minimum atomic E-state index is -0.375. The summed E-state index contributed by atoms with van der Waals surface area (Å²) in [6.45, 7) is 4.77. The molecular weight excluding hydrogens is 254 g/mol. The molecule has 1 heterocycles. The zero-order chi connectivity index (χ0) is 14.7. The van der Waals surface area contributed by atoms with Gasteiger partial charge in [-0.05, 0) is 19.9 Å². The number of esters is 1. The molecule has 1 atom stereocenters. The van der Waals surface area contributed by atoms with Crippen LogP contribution in [0.2, 0.25) is 0 Å². The highest BCUT2D eigenvalue weighted by molar-refractivity contribution is 5.95. The number of fused-ring (bicyclic) bond motifs is 1. The van der Waals surface area contributed by atoms with E-state index in [1.807, 2.05) is 38.1 Å². The van der Waals surface area contributed by atoms with E-state index in [2.05, 4.69) is 14.1 Å². The number of aryl methyl sites for hydroxylation is 1. The number of ether oxygens (including phenoxy) is 1. The van der Waals surface area contributed by atoms with Crippen molar-refractivity contribution < 1.29 is 18.8 Å². The van der Waals surface area contributed by atoms with Gasteiger partial charge in [-0.3, -0.25) is 0 Å². The van der Waals surface area contributed by atoms with E-state index < -0.39 is 0 Å². The van der Waals surface area contributed by atoms with E-state index in [0.717, 1.165) is 29.5 Å². The molecule has 0 unspecified atom stereocenters. The molecule has 0 radical (unpaired) electrons. The first-order valence-corrected chi connectivity index (χ1v) is 6.97. The van der Waals surface area contributed by atoms with Crippen molar-refractivity contribution in [2.24, 2.45) is 0 Å². The number of rotatable bonds is 5. The average Bonchev–Trinajstić information content (AvgIpc) is 2.74. The Morgan fingerprint density at radius 1 is 1.35 bits per heavy atom. The number of nitrogens with one attached hydrogen (secondary N) is 1. The summed E-state index contributed by atoms with van der Waals surface area (Å²) in [7, 11) is 4.16. The maximum atomic E-state index is 12.2. The summed E-state index contributed by atoms with van der Waals surface area (Å²) in [5.74, 6) is -0.0600. The molecule has 4 nitrogen and oxygen atoms in total. The number of hydrogen-bond acceptors (Lipinski definition) is 3. The van der Waals surface area contributed by atoms with Gasteiger partial charge in [0.1, 0.15) is 11.7 Å². The smallest absolute Gasteiger partial charge is 0.374 e. The first-order valence-electron chi connectivity index (χ1n) is 6.97. The number of benzene rings is 1. The first-order chi connectivity index (χ1) is 9.49. The van der Waals surface area contributed by atoms with Gasteiger partial charge in [-0.2, -0.15) is 0 Å². The third kappa shape index (κ3) is 3.20. The fourth-order valence-electron chi connectivity index (χ4n) is 2.16. The zero-order valence-corrected chi connectivity index (χ0v) is 12.5. The van der Waals surface area contributed by atoms with Crippen LogP contribution in [0.5, 0.6) is 0 Å². The van der Waals surface area contributed by atoms with Crippen LogP contribution >= 0.6 is 0 Å². The van der Waals surface area contributed by atoms with E-state index in [-0.39, 0.29) is 12.1 Å². The molecule has 0 amide bonds. The quantitative estimate of drug-likeness (QED) is 0.847. The van der Waals surface area contributed by atoms with Crippen molar-refractivity contribution in [2.45, 2.75) is 26.4 Å². The Balaban J connectivity index is 2.09. The molecule has 4 heteroatoms. The van der Waals surface area contributed by atoms with E-state index in [0.29, 0.717) is 5.76 Å². The van der Waals surface area contributed by atoms with Crippen LogP contribution in [0, 0.1) is 6.92 Å². The van der Waals surface area contributed by atoms with Crippen molar-refractivity contribution in [2.75, 3.05) is 20.6 Å². The summed E-state index contributed by atoms with van der Waals surface area (Å²) in [6.07, 6.45) is 0.734. The zero-order valence-electron chi connectivity index (χ0n) is 12.5. The van der Waals surface area contributed by atoms with E-state index in [1.54, 1.807) is 0 Å². The number of carbonyl (C=O) groups excluding carboxylic acids is 1. The van der Waals surface area contributed by atoms with Gasteiger partial charge in [0.15, 0.2) is 0 Å². The number of carbonyl (C=O) groups is 1. The molecule has 0 bridgehead atoms. The van der Waals surface area contributed by atoms with E-state index in [4.69, 9.17) is 9.15 Å². The van der Waals surface area contributed by atoms with E-state index >= 15 is 0 Å². The van der Waals surface area contributed by atoms with Crippen molar-refractivity contribution in [1.82, 2.24) is 0 Å². The van der Waals surface area contributed by atoms with Crippen LogP contribution < -0.4 is 4.90 Å². The van der Waals surface area contributed by atoms with Crippen molar-refractivity contribution in [3.8, 4) is 0 Å². The molecule has 0 saturated heterocycles. The second-order valence-corrected chi connectivity index (χ2v) is 5.51. The molecule has 2 rings (SSSR count). The maximum Gasteiger partial charge on any atom is 0.374 e. The van der Waals surface area contributed by atoms with Crippen molar-refractivity contribution >= 4 is 16.9 Å². The summed E-state index contributed by atoms with van der Waals surface area (Å²) in [5, 5.41) is 0.963. The predicted octanol–water partition coefficient (Wildman–Crippen LogP) is 1.82. The van der Waals surface area contributed by atoms with E-state index in [9.17, 15) is 4.79 Å².